The van der Waals surface area contributed by atoms with Gasteiger partial charge in [0.1, 0.15) is 0 Å². The zero-order valence-electron chi connectivity index (χ0n) is 38.7. The van der Waals surface area contributed by atoms with E-state index in [9.17, 15) is 0 Å². The number of benzene rings is 7. The summed E-state index contributed by atoms with van der Waals surface area (Å²) in [5.41, 5.74) is 19.2. The normalized spacial score (nSPS) is 14.0. The lowest BCUT2D eigenvalue weighted by Crippen LogP contribution is -2.61. The molecule has 0 radical (unpaired) electrons. The molecule has 2 nitrogen and oxygen atoms in total. The molecule has 2 aliphatic heterocycles. The van der Waals surface area contributed by atoms with Crippen molar-refractivity contribution >= 4 is 77.7 Å². The summed E-state index contributed by atoms with van der Waals surface area (Å²) in [5, 5.41) is 2.64. The Bertz CT molecular complexity index is 3050. The van der Waals surface area contributed by atoms with E-state index >= 15 is 0 Å². The predicted octanol–water partition coefficient (Wildman–Crippen LogP) is 15.6. The summed E-state index contributed by atoms with van der Waals surface area (Å²) in [6.45, 7) is 27.9. The van der Waals surface area contributed by atoms with Gasteiger partial charge in [-0.15, -0.1) is 11.3 Å². The standard InChI is InChI=1S/C58H59BN2S/c1-55(2,3)37-22-26-41(27-23-37)61-48-34-39(57(7,8)9)24-28-42(48)45-33-40(58(10,11)12)35-49-53(45)59(61)46-29-31-51-52(43-20-16-17-21-50(43)62-51)54(46)60(49)47-30-25-38(56(4,5)6)32-44(47)36-18-14-13-15-19-36/h13-35H,1-12H3. The third-order valence-electron chi connectivity index (χ3n) is 13.5. The van der Waals surface area contributed by atoms with Crippen molar-refractivity contribution in [3.63, 3.8) is 0 Å². The van der Waals surface area contributed by atoms with Gasteiger partial charge >= 0.3 is 6.85 Å². The van der Waals surface area contributed by atoms with Crippen molar-refractivity contribution in [1.29, 1.82) is 0 Å². The summed E-state index contributed by atoms with van der Waals surface area (Å²) in [4.78, 5) is 5.38. The van der Waals surface area contributed by atoms with E-state index in [4.69, 9.17) is 0 Å². The Morgan fingerprint density at radius 3 is 1.69 bits per heavy atom. The Morgan fingerprint density at radius 1 is 0.435 bits per heavy atom. The van der Waals surface area contributed by atoms with E-state index in [0.717, 1.165) is 0 Å². The second kappa shape index (κ2) is 14.0. The first kappa shape index (κ1) is 40.5. The van der Waals surface area contributed by atoms with Crippen LogP contribution in [0.15, 0.2) is 140 Å². The van der Waals surface area contributed by atoms with Gasteiger partial charge < -0.3 is 9.71 Å². The highest BCUT2D eigenvalue weighted by molar-refractivity contribution is 7.26. The molecular weight excluding hydrogens is 768 g/mol. The third-order valence-corrected chi connectivity index (χ3v) is 14.6. The summed E-state index contributed by atoms with van der Waals surface area (Å²) in [6, 6.07) is 54.1. The molecule has 2 aliphatic rings. The fourth-order valence-electron chi connectivity index (χ4n) is 9.86. The van der Waals surface area contributed by atoms with Crippen LogP contribution < -0.4 is 20.6 Å². The summed E-state index contributed by atoms with van der Waals surface area (Å²) in [7, 11) is 0. The lowest BCUT2D eigenvalue weighted by molar-refractivity contribution is 0.589. The van der Waals surface area contributed by atoms with E-state index in [1.54, 1.807) is 0 Å². The molecule has 4 heteroatoms. The number of hydrogen-bond acceptors (Lipinski definition) is 3. The van der Waals surface area contributed by atoms with E-state index in [-0.39, 0.29) is 28.5 Å². The van der Waals surface area contributed by atoms with Crippen LogP contribution in [0, 0.1) is 0 Å². The second-order valence-corrected chi connectivity index (χ2v) is 23.0. The van der Waals surface area contributed by atoms with Gasteiger partial charge in [0.15, 0.2) is 0 Å². The molecule has 10 rings (SSSR count). The first-order valence-electron chi connectivity index (χ1n) is 22.5. The molecule has 8 aromatic rings. The van der Waals surface area contributed by atoms with E-state index in [2.05, 4.69) is 232 Å². The number of hydrogen-bond donors (Lipinski definition) is 0. The smallest absolute Gasteiger partial charge is 0.333 e. The van der Waals surface area contributed by atoms with Gasteiger partial charge in [0.05, 0.1) is 11.4 Å². The first-order valence-corrected chi connectivity index (χ1v) is 23.3. The van der Waals surface area contributed by atoms with Gasteiger partial charge in [-0.25, -0.2) is 0 Å². The topological polar surface area (TPSA) is 6.48 Å². The highest BCUT2D eigenvalue weighted by atomic mass is 32.1. The lowest BCUT2D eigenvalue weighted by Gasteiger charge is -2.47. The fraction of sp³-hybridized carbons (Fsp3) is 0.276. The van der Waals surface area contributed by atoms with E-state index in [0.29, 0.717) is 0 Å². The highest BCUT2D eigenvalue weighted by Crippen LogP contribution is 2.53. The van der Waals surface area contributed by atoms with Crippen LogP contribution in [0.3, 0.4) is 0 Å². The minimum Gasteiger partial charge on any atom is -0.376 e. The minimum absolute atomic E-state index is 0.0201. The molecule has 0 saturated carbocycles. The van der Waals surface area contributed by atoms with Crippen LogP contribution >= 0.6 is 11.3 Å². The lowest BCUT2D eigenvalue weighted by atomic mass is 9.43. The maximum absolute atomic E-state index is 2.69. The molecule has 0 atom stereocenters. The van der Waals surface area contributed by atoms with E-state index in [1.165, 1.54) is 104 Å². The molecule has 1 aromatic heterocycles. The predicted molar refractivity (Wildman–Crippen MR) is 273 cm³/mol. The average Bonchev–Trinajstić information content (AvgIpc) is 3.61. The van der Waals surface area contributed by atoms with Crippen molar-refractivity contribution in [2.75, 3.05) is 9.71 Å². The molecule has 0 unspecified atom stereocenters. The summed E-state index contributed by atoms with van der Waals surface area (Å²) < 4.78 is 2.63. The van der Waals surface area contributed by atoms with Gasteiger partial charge in [-0.05, 0) is 114 Å². The Morgan fingerprint density at radius 2 is 1.02 bits per heavy atom. The second-order valence-electron chi connectivity index (χ2n) is 21.9. The van der Waals surface area contributed by atoms with Gasteiger partial charge in [-0.1, -0.05) is 174 Å². The van der Waals surface area contributed by atoms with Crippen molar-refractivity contribution in [2.45, 2.75) is 105 Å². The number of nitrogens with zero attached hydrogens (tertiary/aromatic N) is 2. The van der Waals surface area contributed by atoms with Crippen LogP contribution in [0.4, 0.5) is 28.4 Å². The summed E-state index contributed by atoms with van der Waals surface area (Å²) in [5.74, 6) is 0. The molecule has 3 heterocycles. The Balaban J connectivity index is 1.39. The van der Waals surface area contributed by atoms with Crippen LogP contribution in [-0.4, -0.2) is 6.85 Å². The molecule has 310 valence electrons. The number of fused-ring (bicyclic) bond motifs is 8. The van der Waals surface area contributed by atoms with Crippen LogP contribution in [0.1, 0.15) is 105 Å². The molecule has 0 bridgehead atoms. The number of anilines is 5. The van der Waals surface area contributed by atoms with Gasteiger partial charge in [0.25, 0.3) is 0 Å². The van der Waals surface area contributed by atoms with Gasteiger partial charge in [0, 0.05) is 48.4 Å². The largest absolute Gasteiger partial charge is 0.376 e. The molecule has 62 heavy (non-hydrogen) atoms. The summed E-state index contributed by atoms with van der Waals surface area (Å²) in [6.07, 6.45) is 0. The van der Waals surface area contributed by atoms with E-state index < -0.39 is 0 Å². The molecular formula is C58H59BN2S. The fourth-order valence-corrected chi connectivity index (χ4v) is 11.0. The third kappa shape index (κ3) is 6.51. The molecule has 0 spiro atoms. The van der Waals surface area contributed by atoms with Crippen molar-refractivity contribution in [1.82, 2.24) is 0 Å². The average molecular weight is 827 g/mol. The quantitative estimate of drug-likeness (QED) is 0.164. The minimum atomic E-state index is -0.0994. The van der Waals surface area contributed by atoms with Gasteiger partial charge in [-0.3, -0.25) is 0 Å². The molecule has 0 aliphatic carbocycles. The number of rotatable bonds is 3. The van der Waals surface area contributed by atoms with Crippen molar-refractivity contribution in [3.8, 4) is 22.3 Å². The highest BCUT2D eigenvalue weighted by Gasteiger charge is 2.47. The first-order chi connectivity index (χ1) is 29.3. The zero-order chi connectivity index (χ0) is 43.7. The van der Waals surface area contributed by atoms with Gasteiger partial charge in [-0.2, -0.15) is 0 Å². The Labute approximate surface area is 374 Å². The summed E-state index contributed by atoms with van der Waals surface area (Å²) >= 11 is 1.91. The van der Waals surface area contributed by atoms with Crippen LogP contribution in [0.5, 0.6) is 0 Å². The Kier molecular flexibility index (Phi) is 9.12. The van der Waals surface area contributed by atoms with Gasteiger partial charge in [0.2, 0.25) is 0 Å². The van der Waals surface area contributed by atoms with Crippen LogP contribution in [0.25, 0.3) is 42.4 Å². The SMILES string of the molecule is CC(C)(C)c1ccc(N2B3c4ccc5sc6ccccc6c5c4N(c4ccc(C(C)(C)C)cc4-c4ccccc4)c4cc(C(C)(C)C)cc(c43)-c3ccc(C(C)(C)C)cc32)cc1. The van der Waals surface area contributed by atoms with Crippen molar-refractivity contribution in [3.05, 3.63) is 162 Å². The maximum Gasteiger partial charge on any atom is 0.333 e. The molecule has 7 aromatic carbocycles. The monoisotopic (exact) mass is 826 g/mol. The maximum atomic E-state index is 2.69. The molecule has 0 saturated heterocycles. The van der Waals surface area contributed by atoms with Crippen LogP contribution in [0.2, 0.25) is 0 Å². The number of thiophene rings is 1. The zero-order valence-corrected chi connectivity index (χ0v) is 39.5. The van der Waals surface area contributed by atoms with Crippen LogP contribution in [-0.2, 0) is 21.7 Å². The van der Waals surface area contributed by atoms with Crippen molar-refractivity contribution < 1.29 is 0 Å². The van der Waals surface area contributed by atoms with E-state index in [1.807, 2.05) is 11.3 Å². The Hall–Kier alpha value is -5.58. The molecule has 0 fully saturated rings. The molecule has 0 N–H and O–H groups in total. The van der Waals surface area contributed by atoms with Crippen molar-refractivity contribution in [2.24, 2.45) is 0 Å². The molecule has 0 amide bonds.